The third-order valence-corrected chi connectivity index (χ3v) is 2.31. The molecule has 4 nitrogen and oxygen atoms in total. The van der Waals surface area contributed by atoms with Gasteiger partial charge in [-0.15, -0.1) is 0 Å². The molecule has 0 bridgehead atoms. The summed E-state index contributed by atoms with van der Waals surface area (Å²) in [4.78, 5) is 10.2. The van der Waals surface area contributed by atoms with Gasteiger partial charge >= 0.3 is 5.97 Å². The number of ether oxygens (including phenoxy) is 1. The summed E-state index contributed by atoms with van der Waals surface area (Å²) in [6, 6.07) is 5.96. The highest BCUT2D eigenvalue weighted by Crippen LogP contribution is 2.18. The van der Waals surface area contributed by atoms with Gasteiger partial charge in [-0.1, -0.05) is 18.2 Å². The maximum Gasteiger partial charge on any atom is 0.328 e. The zero-order valence-corrected chi connectivity index (χ0v) is 10.1. The van der Waals surface area contributed by atoms with Crippen molar-refractivity contribution < 1.29 is 14.6 Å². The molecule has 0 aromatic heterocycles. The minimum atomic E-state index is -0.924. The molecule has 4 heteroatoms. The van der Waals surface area contributed by atoms with E-state index >= 15 is 0 Å². The molecule has 92 valence electrons. The number of aliphatic carboxylic acids is 1. The summed E-state index contributed by atoms with van der Waals surface area (Å²) in [7, 11) is 1.65. The van der Waals surface area contributed by atoms with Crippen molar-refractivity contribution in [2.24, 2.45) is 0 Å². The Hall–Kier alpha value is -1.81. The highest BCUT2D eigenvalue weighted by Gasteiger charge is 1.99. The van der Waals surface area contributed by atoms with Gasteiger partial charge in [0, 0.05) is 19.2 Å². The van der Waals surface area contributed by atoms with Crippen LogP contribution in [0.2, 0.25) is 0 Å². The highest BCUT2D eigenvalue weighted by atomic mass is 16.5. The van der Waals surface area contributed by atoms with Crippen molar-refractivity contribution >= 4 is 5.97 Å². The molecular formula is C13H17NO3. The number of benzene rings is 1. The van der Waals surface area contributed by atoms with Gasteiger partial charge in [0.2, 0.25) is 0 Å². The lowest BCUT2D eigenvalue weighted by Gasteiger charge is -2.07. The number of methoxy groups -OCH3 is 1. The van der Waals surface area contributed by atoms with Gasteiger partial charge < -0.3 is 15.2 Å². The number of carbonyl (C=O) groups is 1. The van der Waals surface area contributed by atoms with Crippen molar-refractivity contribution in [3.63, 3.8) is 0 Å². The molecule has 0 fully saturated rings. The topological polar surface area (TPSA) is 58.6 Å². The number of rotatable bonds is 6. The fourth-order valence-corrected chi connectivity index (χ4v) is 1.51. The molecule has 1 aromatic rings. The van der Waals surface area contributed by atoms with Crippen LogP contribution in [0.15, 0.2) is 30.4 Å². The number of aryl methyl sites for hydroxylation is 1. The van der Waals surface area contributed by atoms with E-state index in [4.69, 9.17) is 9.84 Å². The van der Waals surface area contributed by atoms with Gasteiger partial charge in [0.25, 0.3) is 0 Å². The fraction of sp³-hybridized carbons (Fsp3) is 0.308. The number of carboxylic acid groups (broad SMARTS) is 1. The predicted molar refractivity (Wildman–Crippen MR) is 66.2 cm³/mol. The van der Waals surface area contributed by atoms with Gasteiger partial charge in [-0.05, 0) is 24.1 Å². The van der Waals surface area contributed by atoms with Crippen LogP contribution in [0, 0.1) is 6.92 Å². The van der Waals surface area contributed by atoms with E-state index in [1.165, 1.54) is 0 Å². The summed E-state index contributed by atoms with van der Waals surface area (Å²) in [5, 5.41) is 11.5. The van der Waals surface area contributed by atoms with Gasteiger partial charge in [-0.3, -0.25) is 0 Å². The van der Waals surface area contributed by atoms with E-state index in [1.54, 1.807) is 13.2 Å². The van der Waals surface area contributed by atoms with Gasteiger partial charge in [0.1, 0.15) is 5.75 Å². The second-order valence-electron chi connectivity index (χ2n) is 3.68. The van der Waals surface area contributed by atoms with Crippen LogP contribution < -0.4 is 10.1 Å². The van der Waals surface area contributed by atoms with E-state index in [1.807, 2.05) is 25.1 Å². The Morgan fingerprint density at radius 3 is 2.88 bits per heavy atom. The van der Waals surface area contributed by atoms with Crippen molar-refractivity contribution in [2.45, 2.75) is 13.5 Å². The zero-order chi connectivity index (χ0) is 12.7. The maximum atomic E-state index is 10.2. The van der Waals surface area contributed by atoms with E-state index in [2.05, 4.69) is 5.32 Å². The van der Waals surface area contributed by atoms with Crippen LogP contribution in [0.4, 0.5) is 0 Å². The quantitative estimate of drug-likeness (QED) is 0.582. The van der Waals surface area contributed by atoms with E-state index in [-0.39, 0.29) is 0 Å². The van der Waals surface area contributed by atoms with Crippen molar-refractivity contribution in [1.82, 2.24) is 5.32 Å². The Morgan fingerprint density at radius 2 is 2.29 bits per heavy atom. The summed E-state index contributed by atoms with van der Waals surface area (Å²) in [5.74, 6) is -0.0494. The van der Waals surface area contributed by atoms with Crippen LogP contribution >= 0.6 is 0 Å². The Kier molecular flexibility index (Phi) is 5.23. The predicted octanol–water partition coefficient (Wildman–Crippen LogP) is 1.73. The van der Waals surface area contributed by atoms with Crippen molar-refractivity contribution in [3.05, 3.63) is 41.5 Å². The fourth-order valence-electron chi connectivity index (χ4n) is 1.51. The van der Waals surface area contributed by atoms with Gasteiger partial charge in [0.05, 0.1) is 7.11 Å². The molecule has 0 radical (unpaired) electrons. The molecule has 0 aliphatic carbocycles. The van der Waals surface area contributed by atoms with Gasteiger partial charge in [-0.25, -0.2) is 4.79 Å². The zero-order valence-electron chi connectivity index (χ0n) is 10.1. The molecule has 0 saturated carbocycles. The number of hydrogen-bond acceptors (Lipinski definition) is 3. The third kappa shape index (κ3) is 4.70. The number of carboxylic acids is 1. The van der Waals surface area contributed by atoms with Crippen molar-refractivity contribution in [3.8, 4) is 5.75 Å². The highest BCUT2D eigenvalue weighted by molar-refractivity contribution is 5.79. The third-order valence-electron chi connectivity index (χ3n) is 2.31. The molecule has 2 N–H and O–H groups in total. The first-order valence-corrected chi connectivity index (χ1v) is 5.37. The lowest BCUT2D eigenvalue weighted by Crippen LogP contribution is -2.13. The minimum Gasteiger partial charge on any atom is -0.496 e. The minimum absolute atomic E-state index is 0.539. The molecule has 0 unspecified atom stereocenters. The standard InChI is InChI=1S/C13H17NO3/c1-10-8-11(5-6-12(10)17-2)9-14-7-3-4-13(15)16/h3-6,8,14H,7,9H2,1-2H3,(H,15,16)/b4-3+. The number of hydrogen-bond donors (Lipinski definition) is 2. The van der Waals surface area contributed by atoms with Crippen LogP contribution in [0.3, 0.4) is 0 Å². The summed E-state index contributed by atoms with van der Waals surface area (Å²) >= 11 is 0. The molecule has 0 saturated heterocycles. The summed E-state index contributed by atoms with van der Waals surface area (Å²) in [5.41, 5.74) is 2.24. The van der Waals surface area contributed by atoms with Crippen LogP contribution in [0.1, 0.15) is 11.1 Å². The molecule has 17 heavy (non-hydrogen) atoms. The second-order valence-corrected chi connectivity index (χ2v) is 3.68. The Labute approximate surface area is 101 Å². The molecule has 0 amide bonds. The molecule has 0 spiro atoms. The molecule has 0 aliphatic heterocycles. The molecular weight excluding hydrogens is 218 g/mol. The Bertz CT molecular complexity index is 413. The van der Waals surface area contributed by atoms with E-state index in [0.717, 1.165) is 23.0 Å². The van der Waals surface area contributed by atoms with E-state index in [0.29, 0.717) is 13.1 Å². The number of nitrogens with one attached hydrogen (secondary N) is 1. The van der Waals surface area contributed by atoms with Gasteiger partial charge in [0.15, 0.2) is 0 Å². The van der Waals surface area contributed by atoms with Crippen LogP contribution in [0.25, 0.3) is 0 Å². The molecule has 1 aromatic carbocycles. The first-order chi connectivity index (χ1) is 8.13. The average molecular weight is 235 g/mol. The van der Waals surface area contributed by atoms with Crippen molar-refractivity contribution in [1.29, 1.82) is 0 Å². The van der Waals surface area contributed by atoms with Crippen LogP contribution in [-0.2, 0) is 11.3 Å². The maximum absolute atomic E-state index is 10.2. The van der Waals surface area contributed by atoms with Crippen molar-refractivity contribution in [2.75, 3.05) is 13.7 Å². The Balaban J connectivity index is 2.42. The Morgan fingerprint density at radius 1 is 1.53 bits per heavy atom. The summed E-state index contributed by atoms with van der Waals surface area (Å²) in [6.45, 7) is 3.23. The first-order valence-electron chi connectivity index (χ1n) is 5.37. The largest absolute Gasteiger partial charge is 0.496 e. The average Bonchev–Trinajstić information content (AvgIpc) is 2.28. The lowest BCUT2D eigenvalue weighted by molar-refractivity contribution is -0.131. The lowest BCUT2D eigenvalue weighted by atomic mass is 10.1. The molecule has 0 aliphatic rings. The van der Waals surface area contributed by atoms with Crippen LogP contribution in [-0.4, -0.2) is 24.7 Å². The summed E-state index contributed by atoms with van der Waals surface area (Å²) < 4.78 is 5.17. The van der Waals surface area contributed by atoms with E-state index in [9.17, 15) is 4.79 Å². The first kappa shape index (κ1) is 13.3. The molecule has 0 heterocycles. The SMILES string of the molecule is COc1ccc(CNC/C=C/C(=O)O)cc1C. The smallest absolute Gasteiger partial charge is 0.328 e. The monoisotopic (exact) mass is 235 g/mol. The summed E-state index contributed by atoms with van der Waals surface area (Å²) in [6.07, 6.45) is 2.71. The normalized spacial score (nSPS) is 10.7. The van der Waals surface area contributed by atoms with Gasteiger partial charge in [-0.2, -0.15) is 0 Å². The second kappa shape index (κ2) is 6.70. The molecule has 1 rings (SSSR count). The van der Waals surface area contributed by atoms with E-state index < -0.39 is 5.97 Å². The van der Waals surface area contributed by atoms with Crippen LogP contribution in [0.5, 0.6) is 5.75 Å². The molecule has 0 atom stereocenters.